The van der Waals surface area contributed by atoms with Crippen LogP contribution in [0.25, 0.3) is 0 Å². The zero-order valence-corrected chi connectivity index (χ0v) is 13.5. The van der Waals surface area contributed by atoms with Gasteiger partial charge in [0.15, 0.2) is 0 Å². The number of hydrogen-bond acceptors (Lipinski definition) is 3. The third-order valence-corrected chi connectivity index (χ3v) is 5.60. The van der Waals surface area contributed by atoms with Crippen molar-refractivity contribution < 1.29 is 4.74 Å². The summed E-state index contributed by atoms with van der Waals surface area (Å²) in [4.78, 5) is 7.15. The lowest BCUT2D eigenvalue weighted by molar-refractivity contribution is 0.312. The summed E-state index contributed by atoms with van der Waals surface area (Å²) in [6, 6.07) is 6.51. The van der Waals surface area contributed by atoms with Crippen LogP contribution < -0.4 is 20.5 Å². The normalized spacial score (nSPS) is 34.3. The van der Waals surface area contributed by atoms with Gasteiger partial charge in [0, 0.05) is 13.1 Å². The van der Waals surface area contributed by atoms with Crippen molar-refractivity contribution in [2.75, 3.05) is 24.5 Å². The first kappa shape index (κ1) is 13.7. The Bertz CT molecular complexity index is 629. The van der Waals surface area contributed by atoms with Gasteiger partial charge in [-0.05, 0) is 49.1 Å². The molecular weight excluding hydrogens is 276 g/mol. The molecule has 0 saturated heterocycles. The molecule has 5 nitrogen and oxygen atoms in total. The molecule has 2 N–H and O–H groups in total. The standard InChI is InChI=1S/C17H24N4O/c1-17-7-6-11(9-17)14(10-17)18-16-20-19-13-8-12(22-3)4-5-15(13)21(16)2/h4-5,8,11,14,19H,6-7,9-10H2,1-3H3,(H,18,20). The number of benzene rings is 1. The van der Waals surface area contributed by atoms with Crippen LogP contribution in [0.15, 0.2) is 23.2 Å². The molecule has 1 aromatic rings. The molecule has 0 radical (unpaired) electrons. The SMILES string of the molecule is COc1ccc2c(c1)NNC(=NC1CC3(C)CCC1C3)N2C. The average Bonchev–Trinajstić information content (AvgIpc) is 3.05. The molecule has 1 aliphatic heterocycles. The molecule has 0 amide bonds. The second kappa shape index (κ2) is 4.80. The summed E-state index contributed by atoms with van der Waals surface area (Å²) in [5.41, 5.74) is 9.15. The predicted molar refractivity (Wildman–Crippen MR) is 89.4 cm³/mol. The van der Waals surface area contributed by atoms with Crippen molar-refractivity contribution in [3.63, 3.8) is 0 Å². The average molecular weight is 300 g/mol. The fourth-order valence-electron chi connectivity index (χ4n) is 4.34. The first-order valence-corrected chi connectivity index (χ1v) is 8.10. The highest BCUT2D eigenvalue weighted by molar-refractivity contribution is 6.02. The smallest absolute Gasteiger partial charge is 0.217 e. The quantitative estimate of drug-likeness (QED) is 0.881. The summed E-state index contributed by atoms with van der Waals surface area (Å²) in [5.74, 6) is 2.53. The van der Waals surface area contributed by atoms with E-state index in [0.717, 1.165) is 29.0 Å². The van der Waals surface area contributed by atoms with Gasteiger partial charge >= 0.3 is 0 Å². The van der Waals surface area contributed by atoms with Gasteiger partial charge in [-0.3, -0.25) is 10.9 Å². The van der Waals surface area contributed by atoms with Gasteiger partial charge in [-0.2, -0.15) is 0 Å². The van der Waals surface area contributed by atoms with E-state index in [9.17, 15) is 0 Å². The lowest BCUT2D eigenvalue weighted by atomic mass is 9.85. The van der Waals surface area contributed by atoms with Crippen molar-refractivity contribution in [2.24, 2.45) is 16.3 Å². The van der Waals surface area contributed by atoms with Crippen molar-refractivity contribution in [1.29, 1.82) is 0 Å². The number of fused-ring (bicyclic) bond motifs is 3. The number of anilines is 2. The van der Waals surface area contributed by atoms with Crippen LogP contribution >= 0.6 is 0 Å². The molecule has 3 atom stereocenters. The van der Waals surface area contributed by atoms with E-state index in [2.05, 4.69) is 35.8 Å². The minimum atomic E-state index is 0.463. The van der Waals surface area contributed by atoms with Crippen LogP contribution in [-0.4, -0.2) is 26.2 Å². The molecule has 0 aromatic heterocycles. The Labute approximate surface area is 131 Å². The van der Waals surface area contributed by atoms with Gasteiger partial charge in [-0.15, -0.1) is 0 Å². The Hall–Kier alpha value is -1.91. The van der Waals surface area contributed by atoms with Gasteiger partial charge < -0.3 is 9.64 Å². The fraction of sp³-hybridized carbons (Fsp3) is 0.588. The summed E-state index contributed by atoms with van der Waals surface area (Å²) in [7, 11) is 3.75. The van der Waals surface area contributed by atoms with Crippen LogP contribution in [0.1, 0.15) is 32.6 Å². The number of hydrogen-bond donors (Lipinski definition) is 2. The van der Waals surface area contributed by atoms with Crippen molar-refractivity contribution in [2.45, 2.75) is 38.6 Å². The molecule has 3 unspecified atom stereocenters. The maximum absolute atomic E-state index is 5.28. The Morgan fingerprint density at radius 1 is 1.32 bits per heavy atom. The molecule has 2 fully saturated rings. The molecular formula is C17H24N4O. The van der Waals surface area contributed by atoms with Gasteiger partial charge in [0.05, 0.1) is 24.5 Å². The monoisotopic (exact) mass is 300 g/mol. The van der Waals surface area contributed by atoms with Gasteiger partial charge in [-0.25, -0.2) is 4.99 Å². The number of hydrazine groups is 1. The molecule has 2 bridgehead atoms. The van der Waals surface area contributed by atoms with Crippen molar-refractivity contribution in [1.82, 2.24) is 5.43 Å². The van der Waals surface area contributed by atoms with Gasteiger partial charge in [0.25, 0.3) is 0 Å². The third kappa shape index (κ3) is 2.11. The van der Waals surface area contributed by atoms with Crippen LogP contribution in [0.5, 0.6) is 5.75 Å². The van der Waals surface area contributed by atoms with Crippen molar-refractivity contribution in [3.8, 4) is 5.75 Å². The lowest BCUT2D eigenvalue weighted by Gasteiger charge is -2.33. The highest BCUT2D eigenvalue weighted by Gasteiger charge is 2.47. The number of guanidine groups is 1. The number of aliphatic imine (C=N–C) groups is 1. The molecule has 3 aliphatic rings. The van der Waals surface area contributed by atoms with E-state index in [1.807, 2.05) is 12.1 Å². The molecule has 4 rings (SSSR count). The van der Waals surface area contributed by atoms with E-state index in [0.29, 0.717) is 11.5 Å². The van der Waals surface area contributed by atoms with Crippen molar-refractivity contribution >= 4 is 17.3 Å². The fourth-order valence-corrected chi connectivity index (χ4v) is 4.34. The van der Waals surface area contributed by atoms with Crippen molar-refractivity contribution in [3.05, 3.63) is 18.2 Å². The first-order chi connectivity index (χ1) is 10.6. The maximum Gasteiger partial charge on any atom is 0.217 e. The molecule has 1 aromatic carbocycles. The van der Waals surface area contributed by atoms with E-state index >= 15 is 0 Å². The lowest BCUT2D eigenvalue weighted by Crippen LogP contribution is -2.47. The Kier molecular flexibility index (Phi) is 2.99. The van der Waals surface area contributed by atoms with E-state index in [1.165, 1.54) is 25.7 Å². The molecule has 5 heteroatoms. The minimum absolute atomic E-state index is 0.463. The Balaban J connectivity index is 1.58. The van der Waals surface area contributed by atoms with Crippen LogP contribution in [-0.2, 0) is 0 Å². The van der Waals surface area contributed by atoms with E-state index in [4.69, 9.17) is 9.73 Å². The number of rotatable bonds is 2. The van der Waals surface area contributed by atoms with E-state index in [1.54, 1.807) is 7.11 Å². The summed E-state index contributed by atoms with van der Waals surface area (Å²) < 4.78 is 5.28. The number of ether oxygens (including phenoxy) is 1. The van der Waals surface area contributed by atoms with Crippen LogP contribution in [0, 0.1) is 11.3 Å². The second-order valence-electron chi connectivity index (χ2n) is 7.23. The zero-order chi connectivity index (χ0) is 15.3. The molecule has 0 spiro atoms. The minimum Gasteiger partial charge on any atom is -0.497 e. The highest BCUT2D eigenvalue weighted by Crippen LogP contribution is 2.54. The predicted octanol–water partition coefficient (Wildman–Crippen LogP) is 3.00. The molecule has 118 valence electrons. The molecule has 2 aliphatic carbocycles. The van der Waals surface area contributed by atoms with Gasteiger partial charge in [0.2, 0.25) is 5.96 Å². The Morgan fingerprint density at radius 2 is 2.18 bits per heavy atom. The van der Waals surface area contributed by atoms with Gasteiger partial charge in [0.1, 0.15) is 5.75 Å². The second-order valence-corrected chi connectivity index (χ2v) is 7.23. The van der Waals surface area contributed by atoms with E-state index < -0.39 is 0 Å². The molecule has 1 heterocycles. The van der Waals surface area contributed by atoms with Crippen LogP contribution in [0.3, 0.4) is 0 Å². The Morgan fingerprint density at radius 3 is 2.86 bits per heavy atom. The number of nitrogens with one attached hydrogen (secondary N) is 2. The van der Waals surface area contributed by atoms with Crippen LogP contribution in [0.2, 0.25) is 0 Å². The highest BCUT2D eigenvalue weighted by atomic mass is 16.5. The largest absolute Gasteiger partial charge is 0.497 e. The molecule has 2 saturated carbocycles. The summed E-state index contributed by atoms with van der Waals surface area (Å²) >= 11 is 0. The zero-order valence-electron chi connectivity index (χ0n) is 13.5. The molecule has 22 heavy (non-hydrogen) atoms. The van der Waals surface area contributed by atoms with Crippen LogP contribution in [0.4, 0.5) is 11.4 Å². The topological polar surface area (TPSA) is 48.9 Å². The van der Waals surface area contributed by atoms with Gasteiger partial charge in [-0.1, -0.05) is 6.92 Å². The number of nitrogens with zero attached hydrogens (tertiary/aromatic N) is 2. The maximum atomic E-state index is 5.28. The first-order valence-electron chi connectivity index (χ1n) is 8.10. The number of methoxy groups -OCH3 is 1. The van der Waals surface area contributed by atoms with E-state index in [-0.39, 0.29) is 0 Å². The third-order valence-electron chi connectivity index (χ3n) is 5.60. The summed E-state index contributed by atoms with van der Waals surface area (Å²) in [5, 5.41) is 0. The summed E-state index contributed by atoms with van der Waals surface area (Å²) in [6.45, 7) is 2.42. The summed E-state index contributed by atoms with van der Waals surface area (Å²) in [6.07, 6.45) is 5.29.